The predicted octanol–water partition coefficient (Wildman–Crippen LogP) is 4.05. The van der Waals surface area contributed by atoms with Crippen LogP contribution in [0.1, 0.15) is 19.4 Å². The van der Waals surface area contributed by atoms with Crippen LogP contribution >= 0.6 is 15.2 Å². The van der Waals surface area contributed by atoms with Gasteiger partial charge in [-0.05, 0) is 17.7 Å². The van der Waals surface area contributed by atoms with E-state index in [1.807, 2.05) is 13.8 Å². The molecule has 1 atom stereocenters. The van der Waals surface area contributed by atoms with E-state index in [1.165, 1.54) is 6.66 Å². The molecule has 6 nitrogen and oxygen atoms in total. The van der Waals surface area contributed by atoms with Crippen molar-refractivity contribution >= 4 is 15.2 Å². The van der Waals surface area contributed by atoms with Crippen LogP contribution in [-0.2, 0) is 24.3 Å². The molecule has 116 valence electrons. The summed E-state index contributed by atoms with van der Waals surface area (Å²) in [6.45, 7) is 6.20. The van der Waals surface area contributed by atoms with Gasteiger partial charge in [-0.3, -0.25) is 4.57 Å². The predicted molar refractivity (Wildman–Crippen MR) is 78.2 cm³/mol. The van der Waals surface area contributed by atoms with Gasteiger partial charge in [0.05, 0.1) is 26.0 Å². The summed E-state index contributed by atoms with van der Waals surface area (Å²) in [5.74, 6) is 0.844. The Kier molecular flexibility index (Phi) is 3.49. The quantitative estimate of drug-likeness (QED) is 0.761. The van der Waals surface area contributed by atoms with Crippen molar-refractivity contribution in [2.45, 2.75) is 20.0 Å². The van der Waals surface area contributed by atoms with Gasteiger partial charge in [0.2, 0.25) is 0 Å². The Morgan fingerprint density at radius 3 is 2.38 bits per heavy atom. The van der Waals surface area contributed by atoms with Crippen molar-refractivity contribution in [3.05, 3.63) is 23.8 Å². The normalized spacial score (nSPS) is 29.3. The molecule has 21 heavy (non-hydrogen) atoms. The molecule has 0 spiro atoms. The third kappa shape index (κ3) is 3.35. The van der Waals surface area contributed by atoms with Crippen molar-refractivity contribution in [2.75, 3.05) is 19.9 Å². The zero-order valence-electron chi connectivity index (χ0n) is 12.2. The van der Waals surface area contributed by atoms with Crippen LogP contribution in [0.25, 0.3) is 0 Å². The minimum Gasteiger partial charge on any atom is -0.412 e. The van der Waals surface area contributed by atoms with E-state index in [4.69, 9.17) is 18.1 Å². The molecule has 0 aromatic heterocycles. The lowest BCUT2D eigenvalue weighted by Gasteiger charge is -2.34. The van der Waals surface area contributed by atoms with Gasteiger partial charge in [0.15, 0.2) is 11.5 Å². The second kappa shape index (κ2) is 4.85. The van der Waals surface area contributed by atoms with Gasteiger partial charge in [-0.15, -0.1) is 0 Å². The lowest BCUT2D eigenvalue weighted by molar-refractivity contribution is 0.0409. The van der Waals surface area contributed by atoms with Gasteiger partial charge in [-0.1, -0.05) is 19.9 Å². The Bertz CT molecular complexity index is 655. The molecule has 1 aromatic rings. The molecular formula is C13H18O6P2. The molecular weight excluding hydrogens is 314 g/mol. The first kappa shape index (κ1) is 15.1. The first-order valence-electron chi connectivity index (χ1n) is 6.64. The van der Waals surface area contributed by atoms with Gasteiger partial charge in [-0.2, -0.15) is 0 Å². The van der Waals surface area contributed by atoms with Gasteiger partial charge in [-0.25, -0.2) is 4.57 Å². The molecule has 0 aliphatic carbocycles. The molecule has 1 saturated heterocycles. The van der Waals surface area contributed by atoms with Crippen LogP contribution in [0.3, 0.4) is 0 Å². The number of benzene rings is 1. The SMILES string of the molecule is CC1(C)COP(=O)(Cc2ccc3c(c2)OP(C)(=O)O3)OC1. The fourth-order valence-electron chi connectivity index (χ4n) is 2.11. The number of hydrogen-bond donors (Lipinski definition) is 0. The maximum absolute atomic E-state index is 12.5. The fraction of sp³-hybridized carbons (Fsp3) is 0.538. The highest BCUT2D eigenvalue weighted by atomic mass is 31.2. The van der Waals surface area contributed by atoms with Crippen LogP contribution in [-0.4, -0.2) is 19.9 Å². The average Bonchev–Trinajstić information content (AvgIpc) is 2.67. The van der Waals surface area contributed by atoms with Gasteiger partial charge in [0, 0.05) is 5.41 Å². The van der Waals surface area contributed by atoms with Gasteiger partial charge in [0.1, 0.15) is 0 Å². The van der Waals surface area contributed by atoms with Crippen LogP contribution in [0.5, 0.6) is 11.5 Å². The van der Waals surface area contributed by atoms with Crippen LogP contribution < -0.4 is 9.05 Å². The molecule has 1 aromatic carbocycles. The Hall–Kier alpha value is -0.800. The van der Waals surface area contributed by atoms with Crippen molar-refractivity contribution in [3.63, 3.8) is 0 Å². The van der Waals surface area contributed by atoms with E-state index in [0.717, 1.165) is 5.56 Å². The van der Waals surface area contributed by atoms with Crippen molar-refractivity contribution < 1.29 is 27.2 Å². The molecule has 0 N–H and O–H groups in total. The smallest absolute Gasteiger partial charge is 0.412 e. The van der Waals surface area contributed by atoms with E-state index in [0.29, 0.717) is 24.7 Å². The van der Waals surface area contributed by atoms with Crippen LogP contribution in [0.15, 0.2) is 18.2 Å². The lowest BCUT2D eigenvalue weighted by atomic mass is 9.97. The molecule has 2 heterocycles. The van der Waals surface area contributed by atoms with E-state index in [2.05, 4.69) is 0 Å². The number of hydrogen-bond acceptors (Lipinski definition) is 6. The number of rotatable bonds is 2. The monoisotopic (exact) mass is 332 g/mol. The fourth-order valence-corrected chi connectivity index (χ4v) is 5.15. The second-order valence-corrected chi connectivity index (χ2v) is 10.2. The minimum atomic E-state index is -3.14. The van der Waals surface area contributed by atoms with E-state index >= 15 is 0 Å². The third-order valence-corrected chi connectivity index (χ3v) is 6.07. The molecule has 8 heteroatoms. The summed E-state index contributed by atoms with van der Waals surface area (Å²) in [6.07, 6.45) is 0.160. The molecule has 0 bridgehead atoms. The summed E-state index contributed by atoms with van der Waals surface area (Å²) in [5, 5.41) is 0. The maximum Gasteiger partial charge on any atom is 0.427 e. The largest absolute Gasteiger partial charge is 0.427 e. The first-order valence-corrected chi connectivity index (χ1v) is 10.4. The summed E-state index contributed by atoms with van der Waals surface area (Å²) < 4.78 is 45.7. The van der Waals surface area contributed by atoms with Gasteiger partial charge >= 0.3 is 15.2 Å². The molecule has 2 aliphatic rings. The van der Waals surface area contributed by atoms with Crippen molar-refractivity contribution in [2.24, 2.45) is 5.41 Å². The molecule has 0 saturated carbocycles. The van der Waals surface area contributed by atoms with E-state index in [9.17, 15) is 9.13 Å². The Labute approximate surface area is 123 Å². The molecule has 3 rings (SSSR count). The summed E-state index contributed by atoms with van der Waals surface area (Å²) in [4.78, 5) is 0. The summed E-state index contributed by atoms with van der Waals surface area (Å²) in [6, 6.07) is 5.08. The summed E-state index contributed by atoms with van der Waals surface area (Å²) >= 11 is 0. The minimum absolute atomic E-state index is 0.127. The Morgan fingerprint density at radius 1 is 1.10 bits per heavy atom. The second-order valence-electron chi connectivity index (χ2n) is 6.22. The highest BCUT2D eigenvalue weighted by molar-refractivity contribution is 7.54. The Balaban J connectivity index is 1.75. The standard InChI is InChI=1S/C13H18O6P2/c1-13(2)8-16-21(15,17-9-13)7-10-4-5-11-12(6-10)19-20(3,14)18-11/h4-6H,7-9H2,1-3H3. The topological polar surface area (TPSA) is 71.1 Å². The molecule has 0 amide bonds. The van der Waals surface area contributed by atoms with E-state index in [-0.39, 0.29) is 11.6 Å². The Morgan fingerprint density at radius 2 is 1.71 bits per heavy atom. The zero-order valence-corrected chi connectivity index (χ0v) is 14.0. The van der Waals surface area contributed by atoms with E-state index in [1.54, 1.807) is 18.2 Å². The van der Waals surface area contributed by atoms with Crippen molar-refractivity contribution in [3.8, 4) is 11.5 Å². The number of fused-ring (bicyclic) bond motifs is 1. The zero-order chi connectivity index (χ0) is 15.3. The van der Waals surface area contributed by atoms with Crippen LogP contribution in [0.4, 0.5) is 0 Å². The molecule has 1 unspecified atom stereocenters. The average molecular weight is 332 g/mol. The van der Waals surface area contributed by atoms with Gasteiger partial charge < -0.3 is 18.1 Å². The van der Waals surface area contributed by atoms with Crippen LogP contribution in [0, 0.1) is 5.41 Å². The molecule has 0 radical (unpaired) electrons. The maximum atomic E-state index is 12.5. The van der Waals surface area contributed by atoms with Crippen molar-refractivity contribution in [1.29, 1.82) is 0 Å². The van der Waals surface area contributed by atoms with E-state index < -0.39 is 15.2 Å². The van der Waals surface area contributed by atoms with Gasteiger partial charge in [0.25, 0.3) is 0 Å². The highest BCUT2D eigenvalue weighted by Crippen LogP contribution is 2.59. The molecule has 1 fully saturated rings. The molecule has 2 aliphatic heterocycles. The highest BCUT2D eigenvalue weighted by Gasteiger charge is 2.37. The summed E-state index contributed by atoms with van der Waals surface area (Å²) in [5.41, 5.74) is 0.611. The first-order chi connectivity index (χ1) is 9.67. The lowest BCUT2D eigenvalue weighted by Crippen LogP contribution is -2.29. The summed E-state index contributed by atoms with van der Waals surface area (Å²) in [7, 11) is -6.19. The van der Waals surface area contributed by atoms with Crippen molar-refractivity contribution in [1.82, 2.24) is 0 Å². The van der Waals surface area contributed by atoms with Crippen LogP contribution in [0.2, 0.25) is 0 Å². The third-order valence-electron chi connectivity index (χ3n) is 3.22.